The zero-order chi connectivity index (χ0) is 17.2. The van der Waals surface area contributed by atoms with Crippen LogP contribution in [-0.2, 0) is 14.3 Å². The first-order valence-corrected chi connectivity index (χ1v) is 7.09. The van der Waals surface area contributed by atoms with E-state index in [2.05, 4.69) is 10.3 Å². The van der Waals surface area contributed by atoms with Crippen molar-refractivity contribution in [2.24, 2.45) is 0 Å². The van der Waals surface area contributed by atoms with Gasteiger partial charge in [-0.2, -0.15) is 4.39 Å². The van der Waals surface area contributed by atoms with E-state index in [-0.39, 0.29) is 24.4 Å². The fraction of sp³-hybridized carbons (Fsp3) is 0.533. The average molecular weight is 328 g/mol. The third-order valence-corrected chi connectivity index (χ3v) is 3.08. The second-order valence-electron chi connectivity index (χ2n) is 6.26. The Kier molecular flexibility index (Phi) is 4.93. The summed E-state index contributed by atoms with van der Waals surface area (Å²) < 4.78 is 37.6. The molecule has 1 aliphatic rings. The van der Waals surface area contributed by atoms with Crippen LogP contribution in [0.2, 0.25) is 0 Å². The van der Waals surface area contributed by atoms with Crippen molar-refractivity contribution in [2.75, 3.05) is 6.61 Å². The van der Waals surface area contributed by atoms with Crippen molar-refractivity contribution in [3.63, 3.8) is 0 Å². The van der Waals surface area contributed by atoms with Crippen molar-refractivity contribution in [3.8, 4) is 0 Å². The summed E-state index contributed by atoms with van der Waals surface area (Å²) in [6.07, 6.45) is -1.12. The number of nitrogens with one attached hydrogen (secondary N) is 1. The van der Waals surface area contributed by atoms with E-state index < -0.39 is 35.6 Å². The standard InChI is InChI=1S/C15H18F2N2O4/c1-15(2,3)23-14(21)19-11-5-9(20)7-22-12(11)10-4-8(16)6-18-13(10)17/h4,6,11-12H,5,7H2,1-3H3,(H,19,21)/t11-,12+/m0/s1. The Hall–Kier alpha value is -2.09. The molecule has 0 unspecified atom stereocenters. The molecule has 126 valence electrons. The molecule has 1 amide bonds. The summed E-state index contributed by atoms with van der Waals surface area (Å²) >= 11 is 0. The van der Waals surface area contributed by atoms with Crippen LogP contribution in [-0.4, -0.2) is 35.1 Å². The van der Waals surface area contributed by atoms with Crippen molar-refractivity contribution < 1.29 is 27.8 Å². The van der Waals surface area contributed by atoms with Crippen LogP contribution in [0.4, 0.5) is 13.6 Å². The third-order valence-electron chi connectivity index (χ3n) is 3.08. The summed E-state index contributed by atoms with van der Waals surface area (Å²) in [5.41, 5.74) is -0.885. The van der Waals surface area contributed by atoms with Gasteiger partial charge in [0.15, 0.2) is 5.78 Å². The van der Waals surface area contributed by atoms with E-state index in [1.165, 1.54) is 0 Å². The van der Waals surface area contributed by atoms with Gasteiger partial charge in [-0.25, -0.2) is 14.2 Å². The van der Waals surface area contributed by atoms with Gasteiger partial charge in [-0.05, 0) is 26.8 Å². The molecule has 2 rings (SSSR count). The predicted octanol–water partition coefficient (Wildman–Crippen LogP) is 2.28. The van der Waals surface area contributed by atoms with Crippen molar-refractivity contribution in [3.05, 3.63) is 29.6 Å². The Bertz CT molecular complexity index is 616. The van der Waals surface area contributed by atoms with Gasteiger partial charge >= 0.3 is 6.09 Å². The first-order valence-electron chi connectivity index (χ1n) is 7.09. The molecule has 1 N–H and O–H groups in total. The molecular formula is C15H18F2N2O4. The summed E-state index contributed by atoms with van der Waals surface area (Å²) in [6.45, 7) is 4.81. The second kappa shape index (κ2) is 6.57. The molecule has 0 spiro atoms. The number of hydrogen-bond donors (Lipinski definition) is 1. The number of ketones is 1. The van der Waals surface area contributed by atoms with Crippen LogP contribution in [0.25, 0.3) is 0 Å². The fourth-order valence-corrected chi connectivity index (χ4v) is 2.24. The molecular weight excluding hydrogens is 310 g/mol. The van der Waals surface area contributed by atoms with E-state index in [0.717, 1.165) is 12.3 Å². The number of nitrogens with zero attached hydrogens (tertiary/aromatic N) is 1. The number of halogens is 2. The van der Waals surface area contributed by atoms with Gasteiger partial charge in [0.2, 0.25) is 5.95 Å². The summed E-state index contributed by atoms with van der Waals surface area (Å²) in [7, 11) is 0. The van der Waals surface area contributed by atoms with Crippen molar-refractivity contribution in [1.29, 1.82) is 0 Å². The molecule has 8 heteroatoms. The Morgan fingerprint density at radius 3 is 2.78 bits per heavy atom. The molecule has 0 saturated carbocycles. The van der Waals surface area contributed by atoms with Crippen LogP contribution in [0.15, 0.2) is 12.3 Å². The van der Waals surface area contributed by atoms with Crippen molar-refractivity contribution in [1.82, 2.24) is 10.3 Å². The molecule has 2 heterocycles. The average Bonchev–Trinajstić information content (AvgIpc) is 2.40. The molecule has 0 aromatic carbocycles. The summed E-state index contributed by atoms with van der Waals surface area (Å²) in [6, 6.07) is 0.0660. The zero-order valence-electron chi connectivity index (χ0n) is 13.1. The molecule has 0 aliphatic carbocycles. The Labute approximate surface area is 132 Å². The first kappa shape index (κ1) is 17.3. The highest BCUT2D eigenvalue weighted by Crippen LogP contribution is 2.29. The molecule has 2 atom stereocenters. The number of rotatable bonds is 2. The quantitative estimate of drug-likeness (QED) is 0.843. The minimum Gasteiger partial charge on any atom is -0.444 e. The second-order valence-corrected chi connectivity index (χ2v) is 6.26. The highest BCUT2D eigenvalue weighted by atomic mass is 19.1. The lowest BCUT2D eigenvalue weighted by Gasteiger charge is -2.32. The Morgan fingerprint density at radius 2 is 2.13 bits per heavy atom. The minimum absolute atomic E-state index is 0.0696. The third kappa shape index (κ3) is 4.69. The minimum atomic E-state index is -1.02. The molecule has 1 fully saturated rings. The number of Topliss-reactive ketones (excluding diaryl/α,β-unsaturated/α-hetero) is 1. The monoisotopic (exact) mass is 328 g/mol. The maximum atomic E-state index is 13.8. The van der Waals surface area contributed by atoms with E-state index in [9.17, 15) is 18.4 Å². The van der Waals surface area contributed by atoms with Crippen LogP contribution in [0.5, 0.6) is 0 Å². The van der Waals surface area contributed by atoms with Gasteiger partial charge in [0, 0.05) is 12.0 Å². The Balaban J connectivity index is 2.21. The van der Waals surface area contributed by atoms with E-state index >= 15 is 0 Å². The number of alkyl carbamates (subject to hydrolysis) is 1. The van der Waals surface area contributed by atoms with Gasteiger partial charge in [0.05, 0.1) is 12.2 Å². The van der Waals surface area contributed by atoms with E-state index in [1.807, 2.05) is 0 Å². The van der Waals surface area contributed by atoms with E-state index in [0.29, 0.717) is 0 Å². The molecule has 0 bridgehead atoms. The molecule has 1 aromatic heterocycles. The van der Waals surface area contributed by atoms with Gasteiger partial charge in [-0.1, -0.05) is 0 Å². The van der Waals surface area contributed by atoms with Gasteiger partial charge in [0.25, 0.3) is 0 Å². The number of hydrogen-bond acceptors (Lipinski definition) is 5. The maximum absolute atomic E-state index is 13.8. The van der Waals surface area contributed by atoms with Crippen LogP contribution >= 0.6 is 0 Å². The summed E-state index contributed by atoms with van der Waals surface area (Å²) in [5, 5.41) is 2.48. The number of amides is 1. The molecule has 6 nitrogen and oxygen atoms in total. The lowest BCUT2D eigenvalue weighted by Crippen LogP contribution is -2.47. The van der Waals surface area contributed by atoms with Crippen LogP contribution in [0.1, 0.15) is 38.9 Å². The maximum Gasteiger partial charge on any atom is 0.407 e. The number of pyridine rings is 1. The molecule has 0 radical (unpaired) electrons. The van der Waals surface area contributed by atoms with Gasteiger partial charge in [0.1, 0.15) is 24.1 Å². The van der Waals surface area contributed by atoms with Crippen molar-refractivity contribution >= 4 is 11.9 Å². The molecule has 1 aromatic rings. The van der Waals surface area contributed by atoms with Crippen LogP contribution in [0.3, 0.4) is 0 Å². The first-order chi connectivity index (χ1) is 10.7. The molecule has 1 saturated heterocycles. The summed E-state index contributed by atoms with van der Waals surface area (Å²) in [5.74, 6) is -1.91. The molecule has 23 heavy (non-hydrogen) atoms. The largest absolute Gasteiger partial charge is 0.444 e. The SMILES string of the molecule is CC(C)(C)OC(=O)N[C@H]1CC(=O)CO[C@@H]1c1cc(F)cnc1F. The topological polar surface area (TPSA) is 77.5 Å². The highest BCUT2D eigenvalue weighted by Gasteiger charge is 2.35. The van der Waals surface area contributed by atoms with Gasteiger partial charge < -0.3 is 14.8 Å². The lowest BCUT2D eigenvalue weighted by molar-refractivity contribution is -0.133. The summed E-state index contributed by atoms with van der Waals surface area (Å²) in [4.78, 5) is 26.7. The molecule has 1 aliphatic heterocycles. The number of carbonyl (C=O) groups excluding carboxylic acids is 2. The fourth-order valence-electron chi connectivity index (χ4n) is 2.24. The Morgan fingerprint density at radius 1 is 1.43 bits per heavy atom. The number of carbonyl (C=O) groups is 2. The van der Waals surface area contributed by atoms with E-state index in [1.54, 1.807) is 20.8 Å². The highest BCUT2D eigenvalue weighted by molar-refractivity contribution is 5.82. The number of ether oxygens (including phenoxy) is 2. The van der Waals surface area contributed by atoms with Gasteiger partial charge in [-0.15, -0.1) is 0 Å². The zero-order valence-corrected chi connectivity index (χ0v) is 13.1. The van der Waals surface area contributed by atoms with Crippen molar-refractivity contribution in [2.45, 2.75) is 44.9 Å². The normalized spacial score (nSPS) is 21.9. The lowest BCUT2D eigenvalue weighted by atomic mass is 9.96. The number of aromatic nitrogens is 1. The van der Waals surface area contributed by atoms with Crippen LogP contribution < -0.4 is 5.32 Å². The predicted molar refractivity (Wildman–Crippen MR) is 75.6 cm³/mol. The smallest absolute Gasteiger partial charge is 0.407 e. The van der Waals surface area contributed by atoms with Gasteiger partial charge in [-0.3, -0.25) is 4.79 Å². The van der Waals surface area contributed by atoms with E-state index in [4.69, 9.17) is 9.47 Å². The van der Waals surface area contributed by atoms with Crippen LogP contribution in [0, 0.1) is 11.8 Å².